The van der Waals surface area contributed by atoms with Crippen molar-refractivity contribution >= 4 is 5.82 Å². The van der Waals surface area contributed by atoms with Crippen LogP contribution >= 0.6 is 0 Å². The van der Waals surface area contributed by atoms with Crippen molar-refractivity contribution in [3.05, 3.63) is 5.89 Å². The molecular weight excluding hydrogens is 186 g/mol. The second-order valence-corrected chi connectivity index (χ2v) is 3.10. The maximum absolute atomic E-state index is 5.46. The highest BCUT2D eigenvalue weighted by molar-refractivity contribution is 5.60. The highest BCUT2D eigenvalue weighted by Crippen LogP contribution is 2.22. The molecule has 74 valence electrons. The quantitative estimate of drug-likeness (QED) is 0.756. The van der Waals surface area contributed by atoms with Gasteiger partial charge in [-0.15, -0.1) is 10.2 Å². The van der Waals surface area contributed by atoms with Gasteiger partial charge in [0.2, 0.25) is 17.4 Å². The van der Waals surface area contributed by atoms with E-state index in [0.717, 1.165) is 0 Å². The number of hydrogen-bond donors (Lipinski definition) is 1. The van der Waals surface area contributed by atoms with E-state index in [4.69, 9.17) is 10.2 Å². The maximum Gasteiger partial charge on any atom is 0.273 e. The summed E-state index contributed by atoms with van der Waals surface area (Å²) in [7, 11) is 0. The Kier molecular flexibility index (Phi) is 1.91. The lowest BCUT2D eigenvalue weighted by Crippen LogP contribution is -1.88. The topological polar surface area (TPSA) is 104 Å². The third kappa shape index (κ3) is 1.32. The van der Waals surface area contributed by atoms with Gasteiger partial charge in [-0.05, 0) is 10.3 Å². The molecule has 0 spiro atoms. The van der Waals surface area contributed by atoms with E-state index >= 15 is 0 Å². The lowest BCUT2D eigenvalue weighted by molar-refractivity contribution is 0.309. The molecule has 0 radical (unpaired) electrons. The van der Waals surface area contributed by atoms with Gasteiger partial charge in [0.05, 0.1) is 0 Å². The van der Waals surface area contributed by atoms with Crippen molar-refractivity contribution in [1.82, 2.24) is 20.5 Å². The first-order chi connectivity index (χ1) is 6.68. The molecule has 2 N–H and O–H groups in total. The first-order valence-electron chi connectivity index (χ1n) is 4.10. The van der Waals surface area contributed by atoms with Crippen LogP contribution in [0.2, 0.25) is 0 Å². The van der Waals surface area contributed by atoms with Crippen LogP contribution in [0.1, 0.15) is 25.7 Å². The summed E-state index contributed by atoms with van der Waals surface area (Å²) in [6.07, 6.45) is 0. The van der Waals surface area contributed by atoms with Gasteiger partial charge in [0.15, 0.2) is 0 Å². The van der Waals surface area contributed by atoms with Gasteiger partial charge < -0.3 is 10.2 Å². The Labute approximate surface area is 79.3 Å². The summed E-state index contributed by atoms with van der Waals surface area (Å²) in [4.78, 5) is 0. The van der Waals surface area contributed by atoms with Gasteiger partial charge in [-0.2, -0.15) is 0 Å². The molecule has 2 aromatic heterocycles. The van der Waals surface area contributed by atoms with Crippen molar-refractivity contribution in [2.45, 2.75) is 19.8 Å². The number of nitrogens with zero attached hydrogens (tertiary/aromatic N) is 4. The number of aromatic nitrogens is 4. The van der Waals surface area contributed by atoms with Gasteiger partial charge in [-0.1, -0.05) is 13.8 Å². The van der Waals surface area contributed by atoms with Crippen LogP contribution in [-0.4, -0.2) is 20.5 Å². The standard InChI is InChI=1S/C7H9N5O2/c1-3(2)6-9-10-7(13-6)4-5(8)12-14-11-4/h3H,1-2H3,(H2,8,12). The zero-order valence-corrected chi connectivity index (χ0v) is 7.76. The molecule has 0 unspecified atom stereocenters. The molecule has 0 bridgehead atoms. The third-order valence-electron chi connectivity index (χ3n) is 1.65. The molecule has 2 aromatic rings. The van der Waals surface area contributed by atoms with Gasteiger partial charge in [-0.3, -0.25) is 0 Å². The summed E-state index contributed by atoms with van der Waals surface area (Å²) in [6.45, 7) is 3.89. The Hall–Kier alpha value is -1.92. The summed E-state index contributed by atoms with van der Waals surface area (Å²) in [5, 5.41) is 14.6. The van der Waals surface area contributed by atoms with E-state index in [1.54, 1.807) is 0 Å². The molecule has 0 aliphatic carbocycles. The van der Waals surface area contributed by atoms with Crippen molar-refractivity contribution < 1.29 is 9.05 Å². The normalized spacial score (nSPS) is 11.1. The predicted molar refractivity (Wildman–Crippen MR) is 46.1 cm³/mol. The van der Waals surface area contributed by atoms with Gasteiger partial charge in [0.1, 0.15) is 0 Å². The Morgan fingerprint density at radius 3 is 2.50 bits per heavy atom. The minimum atomic E-state index is 0.143. The van der Waals surface area contributed by atoms with E-state index in [0.29, 0.717) is 5.89 Å². The molecule has 14 heavy (non-hydrogen) atoms. The average molecular weight is 195 g/mol. The summed E-state index contributed by atoms with van der Waals surface area (Å²) >= 11 is 0. The lowest BCUT2D eigenvalue weighted by Gasteiger charge is -1.93. The van der Waals surface area contributed by atoms with Crippen molar-refractivity contribution in [2.75, 3.05) is 5.73 Å². The van der Waals surface area contributed by atoms with Crippen LogP contribution in [0.25, 0.3) is 11.6 Å². The van der Waals surface area contributed by atoms with Gasteiger partial charge in [0, 0.05) is 5.92 Å². The molecular formula is C7H9N5O2. The molecule has 2 rings (SSSR count). The number of rotatable bonds is 2. The lowest BCUT2D eigenvalue weighted by atomic mass is 10.2. The van der Waals surface area contributed by atoms with Gasteiger partial charge >= 0.3 is 0 Å². The SMILES string of the molecule is CC(C)c1nnc(-c2nonc2N)o1. The fraction of sp³-hybridized carbons (Fsp3) is 0.429. The molecule has 7 nitrogen and oxygen atoms in total. The fourth-order valence-electron chi connectivity index (χ4n) is 0.907. The Morgan fingerprint density at radius 1 is 1.21 bits per heavy atom. The molecule has 0 fully saturated rings. The molecule has 0 aromatic carbocycles. The molecule has 0 amide bonds. The van der Waals surface area contributed by atoms with Crippen LogP contribution in [0.4, 0.5) is 5.82 Å². The van der Waals surface area contributed by atoms with Gasteiger partial charge in [0.25, 0.3) is 5.89 Å². The van der Waals surface area contributed by atoms with E-state index in [1.807, 2.05) is 13.8 Å². The Bertz CT molecular complexity index is 433. The molecule has 0 saturated carbocycles. The van der Waals surface area contributed by atoms with Crippen LogP contribution < -0.4 is 5.73 Å². The van der Waals surface area contributed by atoms with E-state index in [1.165, 1.54) is 0 Å². The molecule has 0 saturated heterocycles. The summed E-state index contributed by atoms with van der Waals surface area (Å²) < 4.78 is 9.72. The van der Waals surface area contributed by atoms with E-state index in [9.17, 15) is 0 Å². The van der Waals surface area contributed by atoms with Crippen molar-refractivity contribution in [3.63, 3.8) is 0 Å². The first kappa shape index (κ1) is 8.67. The minimum absolute atomic E-state index is 0.143. The van der Waals surface area contributed by atoms with Crippen LogP contribution in [0.5, 0.6) is 0 Å². The fourth-order valence-corrected chi connectivity index (χ4v) is 0.907. The monoisotopic (exact) mass is 195 g/mol. The number of hydrogen-bond acceptors (Lipinski definition) is 7. The highest BCUT2D eigenvalue weighted by atomic mass is 16.6. The second-order valence-electron chi connectivity index (χ2n) is 3.10. The largest absolute Gasteiger partial charge is 0.419 e. The molecule has 7 heteroatoms. The summed E-state index contributed by atoms with van der Waals surface area (Å²) in [5.74, 6) is 1.07. The predicted octanol–water partition coefficient (Wildman–Crippen LogP) is 0.825. The van der Waals surface area contributed by atoms with Crippen molar-refractivity contribution in [2.24, 2.45) is 0 Å². The number of anilines is 1. The van der Waals surface area contributed by atoms with Crippen LogP contribution in [0.15, 0.2) is 9.05 Å². The first-order valence-corrected chi connectivity index (χ1v) is 4.10. The second kappa shape index (κ2) is 3.09. The highest BCUT2D eigenvalue weighted by Gasteiger charge is 2.17. The van der Waals surface area contributed by atoms with E-state index in [-0.39, 0.29) is 23.3 Å². The average Bonchev–Trinajstić information content (AvgIpc) is 2.71. The van der Waals surface area contributed by atoms with Crippen LogP contribution in [0.3, 0.4) is 0 Å². The minimum Gasteiger partial charge on any atom is -0.419 e. The zero-order valence-electron chi connectivity index (χ0n) is 7.76. The van der Waals surface area contributed by atoms with Gasteiger partial charge in [-0.25, -0.2) is 4.63 Å². The number of nitrogen functional groups attached to an aromatic ring is 1. The molecule has 2 heterocycles. The van der Waals surface area contributed by atoms with Crippen LogP contribution in [-0.2, 0) is 0 Å². The zero-order chi connectivity index (χ0) is 10.1. The van der Waals surface area contributed by atoms with E-state index < -0.39 is 0 Å². The third-order valence-corrected chi connectivity index (χ3v) is 1.65. The summed E-state index contributed by atoms with van der Waals surface area (Å²) in [6, 6.07) is 0. The number of nitrogens with two attached hydrogens (primary N) is 1. The smallest absolute Gasteiger partial charge is 0.273 e. The summed E-state index contributed by atoms with van der Waals surface area (Å²) in [5.41, 5.74) is 5.74. The Morgan fingerprint density at radius 2 is 2.00 bits per heavy atom. The maximum atomic E-state index is 5.46. The molecule has 0 atom stereocenters. The Balaban J connectivity index is 2.39. The molecule has 0 aliphatic rings. The van der Waals surface area contributed by atoms with Crippen molar-refractivity contribution in [1.29, 1.82) is 0 Å². The van der Waals surface area contributed by atoms with E-state index in [2.05, 4.69) is 25.1 Å². The molecule has 0 aliphatic heterocycles. The van der Waals surface area contributed by atoms with Crippen molar-refractivity contribution in [3.8, 4) is 11.6 Å². The van der Waals surface area contributed by atoms with Crippen LogP contribution in [0, 0.1) is 0 Å².